The van der Waals surface area contributed by atoms with E-state index in [1.165, 1.54) is 10.5 Å². The normalized spacial score (nSPS) is 23.2. The first kappa shape index (κ1) is 30.3. The second-order valence-electron chi connectivity index (χ2n) is 11.7. The number of carbonyl (C=O) groups is 1. The van der Waals surface area contributed by atoms with Crippen LogP contribution in [-0.2, 0) is 21.2 Å². The van der Waals surface area contributed by atoms with Crippen molar-refractivity contribution in [1.29, 1.82) is 0 Å². The maximum absolute atomic E-state index is 13.2. The lowest BCUT2D eigenvalue weighted by Crippen LogP contribution is -2.51. The number of aromatic nitrogens is 2. The SMILES string of the molecule is Cc1cc(-n2c(O)c[nH]c2=O)ccc1CCS(=O)(=O)N1CCC2(CC1)N=C(C1CCC(CCC(F)(F)F)CC1)NC2=O. The van der Waals surface area contributed by atoms with Gasteiger partial charge in [0, 0.05) is 25.4 Å². The Bertz CT molecular complexity index is 1510. The van der Waals surface area contributed by atoms with E-state index in [1.54, 1.807) is 18.2 Å². The van der Waals surface area contributed by atoms with E-state index in [1.807, 2.05) is 6.92 Å². The minimum atomic E-state index is -4.14. The molecule has 0 bridgehead atoms. The molecule has 0 unspecified atom stereocenters. The third-order valence-corrected chi connectivity index (χ3v) is 10.9. The van der Waals surface area contributed by atoms with Crippen molar-refractivity contribution in [3.63, 3.8) is 0 Å². The number of nitrogens with zero attached hydrogens (tertiary/aromatic N) is 3. The van der Waals surface area contributed by atoms with E-state index in [2.05, 4.69) is 10.3 Å². The van der Waals surface area contributed by atoms with Crippen LogP contribution in [0.2, 0.25) is 0 Å². The molecule has 14 heteroatoms. The van der Waals surface area contributed by atoms with Crippen LogP contribution in [0.3, 0.4) is 0 Å². The van der Waals surface area contributed by atoms with Crippen molar-refractivity contribution in [2.75, 3.05) is 18.8 Å². The van der Waals surface area contributed by atoms with Gasteiger partial charge >= 0.3 is 11.9 Å². The van der Waals surface area contributed by atoms with Crippen molar-refractivity contribution in [1.82, 2.24) is 19.2 Å². The summed E-state index contributed by atoms with van der Waals surface area (Å²) in [5, 5.41) is 12.8. The lowest BCUT2D eigenvalue weighted by Gasteiger charge is -2.34. The fourth-order valence-electron chi connectivity index (χ4n) is 6.38. The number of halogens is 3. The Morgan fingerprint density at radius 2 is 1.81 bits per heavy atom. The third kappa shape index (κ3) is 6.43. The highest BCUT2D eigenvalue weighted by molar-refractivity contribution is 7.89. The molecule has 230 valence electrons. The molecular formula is C28H36F3N5O5S. The van der Waals surface area contributed by atoms with Crippen molar-refractivity contribution in [2.24, 2.45) is 16.8 Å². The fourth-order valence-corrected chi connectivity index (χ4v) is 7.85. The number of H-pyrrole nitrogens is 1. The number of amides is 1. The number of aliphatic imine (C=N–C) groups is 1. The second-order valence-corrected chi connectivity index (χ2v) is 13.8. The molecule has 5 rings (SSSR count). The molecule has 2 aliphatic heterocycles. The molecule has 0 radical (unpaired) electrons. The summed E-state index contributed by atoms with van der Waals surface area (Å²) in [5.74, 6) is 0.0657. The number of aromatic amines is 1. The zero-order valence-corrected chi connectivity index (χ0v) is 24.2. The average Bonchev–Trinajstić information content (AvgIpc) is 3.44. The Balaban J connectivity index is 1.15. The Morgan fingerprint density at radius 1 is 1.12 bits per heavy atom. The molecule has 1 aliphatic carbocycles. The summed E-state index contributed by atoms with van der Waals surface area (Å²) in [7, 11) is -3.61. The van der Waals surface area contributed by atoms with E-state index in [0.29, 0.717) is 37.2 Å². The van der Waals surface area contributed by atoms with Crippen LogP contribution >= 0.6 is 0 Å². The van der Waals surface area contributed by atoms with Crippen LogP contribution in [0.25, 0.3) is 5.69 Å². The molecular weight excluding hydrogens is 575 g/mol. The summed E-state index contributed by atoms with van der Waals surface area (Å²) in [6.45, 7) is 2.16. The molecule has 1 saturated carbocycles. The number of benzene rings is 1. The number of rotatable bonds is 8. The summed E-state index contributed by atoms with van der Waals surface area (Å²) >= 11 is 0. The lowest BCUT2D eigenvalue weighted by molar-refractivity contribution is -0.138. The number of aromatic hydroxyl groups is 1. The molecule has 1 amide bonds. The second kappa shape index (κ2) is 11.5. The van der Waals surface area contributed by atoms with Crippen LogP contribution in [0.15, 0.2) is 34.2 Å². The van der Waals surface area contributed by atoms with Crippen LogP contribution in [0.5, 0.6) is 5.88 Å². The summed E-state index contributed by atoms with van der Waals surface area (Å²) in [4.78, 5) is 32.1. The van der Waals surface area contributed by atoms with Gasteiger partial charge in [-0.05, 0) is 87.5 Å². The maximum atomic E-state index is 13.2. The molecule has 2 fully saturated rings. The zero-order valence-electron chi connectivity index (χ0n) is 23.4. The van der Waals surface area contributed by atoms with Crippen LogP contribution < -0.4 is 11.0 Å². The van der Waals surface area contributed by atoms with Gasteiger partial charge in [-0.25, -0.2) is 22.1 Å². The fraction of sp³-hybridized carbons (Fsp3) is 0.607. The van der Waals surface area contributed by atoms with E-state index >= 15 is 0 Å². The van der Waals surface area contributed by atoms with Gasteiger partial charge in [-0.2, -0.15) is 13.2 Å². The molecule has 0 atom stereocenters. The summed E-state index contributed by atoms with van der Waals surface area (Å²) in [6.07, 6.45) is -0.0772. The molecule has 1 saturated heterocycles. The zero-order chi connectivity index (χ0) is 30.3. The van der Waals surface area contributed by atoms with E-state index in [0.717, 1.165) is 15.7 Å². The molecule has 1 spiro atoms. The number of aryl methyl sites for hydroxylation is 2. The van der Waals surface area contributed by atoms with E-state index in [-0.39, 0.29) is 68.1 Å². The van der Waals surface area contributed by atoms with E-state index in [9.17, 15) is 36.3 Å². The van der Waals surface area contributed by atoms with Crippen LogP contribution in [-0.4, -0.2) is 69.7 Å². The number of sulfonamides is 1. The number of piperidine rings is 1. The largest absolute Gasteiger partial charge is 0.493 e. The number of carbonyl (C=O) groups excluding carboxylic acids is 1. The molecule has 3 N–H and O–H groups in total. The Labute approximate surface area is 242 Å². The standard InChI is InChI=1S/C28H36F3N5O5S/c1-18-16-22(36-23(37)17-32-26(36)39)7-6-20(18)9-15-42(40,41)35-13-11-27(12-14-35)25(38)33-24(34-27)21-4-2-19(3-5-21)8-10-28(29,30)31/h6-7,16-17,19,21,37H,2-5,8-15H2,1H3,(H,32,39)(H,33,34,38). The maximum Gasteiger partial charge on any atom is 0.389 e. The third-order valence-electron chi connectivity index (χ3n) is 8.98. The van der Waals surface area contributed by atoms with Crippen LogP contribution in [0.4, 0.5) is 13.2 Å². The minimum absolute atomic E-state index is 0.00620. The van der Waals surface area contributed by atoms with Crippen molar-refractivity contribution in [3.05, 3.63) is 46.0 Å². The number of alkyl halides is 3. The molecule has 10 nitrogen and oxygen atoms in total. The Hall–Kier alpha value is -3.13. The van der Waals surface area contributed by atoms with Crippen LogP contribution in [0.1, 0.15) is 62.5 Å². The number of hydrogen-bond donors (Lipinski definition) is 3. The van der Waals surface area contributed by atoms with Gasteiger partial charge in [-0.3, -0.25) is 9.79 Å². The highest BCUT2D eigenvalue weighted by Gasteiger charge is 2.48. The van der Waals surface area contributed by atoms with Crippen molar-refractivity contribution in [2.45, 2.75) is 76.4 Å². The molecule has 1 aromatic heterocycles. The highest BCUT2D eigenvalue weighted by Crippen LogP contribution is 2.38. The first-order chi connectivity index (χ1) is 19.8. The van der Waals surface area contributed by atoms with Gasteiger partial charge < -0.3 is 15.4 Å². The number of nitrogens with one attached hydrogen (secondary N) is 2. The van der Waals surface area contributed by atoms with Crippen molar-refractivity contribution < 1.29 is 31.5 Å². The highest BCUT2D eigenvalue weighted by atomic mass is 32.2. The Morgan fingerprint density at radius 3 is 2.40 bits per heavy atom. The first-order valence-corrected chi connectivity index (χ1v) is 15.9. The smallest absolute Gasteiger partial charge is 0.389 e. The minimum Gasteiger partial charge on any atom is -0.493 e. The van der Waals surface area contributed by atoms with Gasteiger partial charge in [0.25, 0.3) is 5.91 Å². The van der Waals surface area contributed by atoms with Gasteiger partial charge in [0.1, 0.15) is 11.4 Å². The monoisotopic (exact) mass is 611 g/mol. The van der Waals surface area contributed by atoms with Gasteiger partial charge in [-0.1, -0.05) is 6.07 Å². The van der Waals surface area contributed by atoms with Crippen molar-refractivity contribution >= 4 is 21.8 Å². The predicted octanol–water partition coefficient (Wildman–Crippen LogP) is 3.56. The molecule has 42 heavy (non-hydrogen) atoms. The van der Waals surface area contributed by atoms with E-state index < -0.39 is 33.8 Å². The summed E-state index contributed by atoms with van der Waals surface area (Å²) < 4.78 is 66.6. The molecule has 3 heterocycles. The summed E-state index contributed by atoms with van der Waals surface area (Å²) in [6, 6.07) is 5.11. The molecule has 1 aromatic carbocycles. The average molecular weight is 612 g/mol. The predicted molar refractivity (Wildman–Crippen MR) is 150 cm³/mol. The van der Waals surface area contributed by atoms with Gasteiger partial charge in [0.05, 0.1) is 17.6 Å². The molecule has 2 aromatic rings. The van der Waals surface area contributed by atoms with E-state index in [4.69, 9.17) is 4.99 Å². The number of amidine groups is 1. The topological polar surface area (TPSA) is 137 Å². The number of hydrogen-bond acceptors (Lipinski definition) is 6. The van der Waals surface area contributed by atoms with Gasteiger partial charge in [-0.15, -0.1) is 0 Å². The van der Waals surface area contributed by atoms with Gasteiger partial charge in [0.15, 0.2) is 0 Å². The lowest BCUT2D eigenvalue weighted by atomic mass is 9.79. The quantitative estimate of drug-likeness (QED) is 0.419. The first-order valence-electron chi connectivity index (χ1n) is 14.3. The summed E-state index contributed by atoms with van der Waals surface area (Å²) in [5.41, 5.74) is 0.573. The Kier molecular flexibility index (Phi) is 8.31. The van der Waals surface area contributed by atoms with Crippen LogP contribution in [0, 0.1) is 18.8 Å². The molecule has 3 aliphatic rings. The van der Waals surface area contributed by atoms with Gasteiger partial charge in [0.2, 0.25) is 15.9 Å². The number of imidazole rings is 1. The van der Waals surface area contributed by atoms with Crippen molar-refractivity contribution in [3.8, 4) is 11.6 Å².